The fourth-order valence-electron chi connectivity index (χ4n) is 9.34. The number of rotatable bonds is 8. The summed E-state index contributed by atoms with van der Waals surface area (Å²) in [6, 6.07) is 0. The van der Waals surface area contributed by atoms with Crippen molar-refractivity contribution in [3.8, 4) is 0 Å². The highest BCUT2D eigenvalue weighted by molar-refractivity contribution is 5.68. The fraction of sp³-hybridized carbons (Fsp3) is 0.848. The molecular weight excluding hydrogens is 492 g/mol. The summed E-state index contributed by atoms with van der Waals surface area (Å²) in [5.41, 5.74) is 2.49. The van der Waals surface area contributed by atoms with E-state index in [1.165, 1.54) is 51.2 Å². The molecule has 0 radical (unpaired) electrons. The van der Waals surface area contributed by atoms with Gasteiger partial charge in [0, 0.05) is 20.8 Å². The lowest BCUT2D eigenvalue weighted by atomic mass is 9.48. The normalized spacial score (nSPS) is 38.4. The van der Waals surface area contributed by atoms with Gasteiger partial charge in [-0.1, -0.05) is 53.9 Å². The zero-order valence-electron chi connectivity index (χ0n) is 25.6. The molecule has 0 aromatic rings. The molecule has 0 spiro atoms. The molecule has 0 N–H and O–H groups in total. The van der Waals surface area contributed by atoms with Crippen LogP contribution in [0.15, 0.2) is 11.1 Å². The maximum Gasteiger partial charge on any atom is 0.303 e. The summed E-state index contributed by atoms with van der Waals surface area (Å²) in [4.78, 5) is 36.5. The Bertz CT molecular complexity index is 983. The van der Waals surface area contributed by atoms with Crippen LogP contribution in [0, 0.1) is 40.4 Å². The third-order valence-electron chi connectivity index (χ3n) is 11.1. The molecule has 39 heavy (non-hydrogen) atoms. The molecule has 0 heterocycles. The number of carbonyl (C=O) groups is 3. The van der Waals surface area contributed by atoms with E-state index in [1.807, 2.05) is 0 Å². The van der Waals surface area contributed by atoms with E-state index in [2.05, 4.69) is 34.6 Å². The van der Waals surface area contributed by atoms with Crippen LogP contribution in [0.4, 0.5) is 0 Å². The van der Waals surface area contributed by atoms with E-state index in [4.69, 9.17) is 14.2 Å². The van der Waals surface area contributed by atoms with Gasteiger partial charge in [0.2, 0.25) is 0 Å². The van der Waals surface area contributed by atoms with E-state index in [9.17, 15) is 14.4 Å². The first-order valence-corrected chi connectivity index (χ1v) is 15.5. The Morgan fingerprint density at radius 3 is 2.08 bits per heavy atom. The highest BCUT2D eigenvalue weighted by Gasteiger charge is 2.61. The molecule has 9 atom stereocenters. The standard InChI is InChI=1S/C33H52O6/c1-19(2)10-9-11-20(3)27-18-29(39-23(6)36)31-30-26(13-15-33(27,31)8)32(7)14-12-25(37-21(4)34)16-24(32)17-28(30)38-22(5)35/h19-20,24-29H,9-18H2,1-8H3/t20-,24?,25?,26+,27-,28?,29?,32+,33-/m1/s1. The van der Waals surface area contributed by atoms with Crippen LogP contribution in [-0.4, -0.2) is 36.2 Å². The third kappa shape index (κ3) is 5.95. The maximum atomic E-state index is 12.4. The SMILES string of the molecule is CC(=O)OC1CC[C@@]2(C)C(C1)CC(OC(C)=O)C1=C3C(OC(C)=O)C[C@H]([C@H](C)CCCC(C)C)[C@@]3(C)CC[C@@H]12. The Labute approximate surface area is 236 Å². The highest BCUT2D eigenvalue weighted by atomic mass is 16.6. The van der Waals surface area contributed by atoms with Crippen LogP contribution in [0.1, 0.15) is 120 Å². The summed E-state index contributed by atoms with van der Waals surface area (Å²) in [6.45, 7) is 16.3. The van der Waals surface area contributed by atoms with Gasteiger partial charge in [-0.25, -0.2) is 0 Å². The zero-order chi connectivity index (χ0) is 28.7. The van der Waals surface area contributed by atoms with Gasteiger partial charge in [-0.2, -0.15) is 0 Å². The van der Waals surface area contributed by atoms with Gasteiger partial charge in [0.05, 0.1) is 0 Å². The predicted octanol–water partition coefficient (Wildman–Crippen LogP) is 7.19. The van der Waals surface area contributed by atoms with Crippen molar-refractivity contribution >= 4 is 17.9 Å². The van der Waals surface area contributed by atoms with Gasteiger partial charge in [0.15, 0.2) is 0 Å². The second kappa shape index (κ2) is 11.6. The van der Waals surface area contributed by atoms with Crippen LogP contribution in [0.2, 0.25) is 0 Å². The van der Waals surface area contributed by atoms with Crippen LogP contribution in [0.3, 0.4) is 0 Å². The smallest absolute Gasteiger partial charge is 0.303 e. The van der Waals surface area contributed by atoms with Crippen molar-refractivity contribution in [1.29, 1.82) is 0 Å². The molecular formula is C33H52O6. The van der Waals surface area contributed by atoms with Gasteiger partial charge in [-0.3, -0.25) is 14.4 Å². The molecule has 0 aromatic heterocycles. The lowest BCUT2D eigenvalue weighted by molar-refractivity contribution is -0.158. The Morgan fingerprint density at radius 2 is 1.46 bits per heavy atom. The van der Waals surface area contributed by atoms with Gasteiger partial charge in [0.25, 0.3) is 0 Å². The average molecular weight is 545 g/mol. The largest absolute Gasteiger partial charge is 0.463 e. The molecule has 3 saturated carbocycles. The summed E-state index contributed by atoms with van der Waals surface area (Å²) in [5, 5.41) is 0. The first kappa shape index (κ1) is 30.1. The highest BCUT2D eigenvalue weighted by Crippen LogP contribution is 2.66. The van der Waals surface area contributed by atoms with Crippen LogP contribution in [-0.2, 0) is 28.6 Å². The molecule has 6 heteroatoms. The maximum absolute atomic E-state index is 12.4. The molecule has 0 amide bonds. The van der Waals surface area contributed by atoms with E-state index < -0.39 is 0 Å². The summed E-state index contributed by atoms with van der Waals surface area (Å²) in [5.74, 6) is 1.51. The van der Waals surface area contributed by atoms with Crippen molar-refractivity contribution < 1.29 is 28.6 Å². The van der Waals surface area contributed by atoms with E-state index in [1.54, 1.807) is 0 Å². The minimum Gasteiger partial charge on any atom is -0.463 e. The molecule has 4 aliphatic carbocycles. The minimum atomic E-state index is -0.315. The van der Waals surface area contributed by atoms with Crippen molar-refractivity contribution in [1.82, 2.24) is 0 Å². The minimum absolute atomic E-state index is 0.0404. The fourth-order valence-corrected chi connectivity index (χ4v) is 9.34. The summed E-state index contributed by atoms with van der Waals surface area (Å²) in [7, 11) is 0. The predicted molar refractivity (Wildman–Crippen MR) is 151 cm³/mol. The first-order valence-electron chi connectivity index (χ1n) is 15.5. The molecule has 0 aromatic carbocycles. The summed E-state index contributed by atoms with van der Waals surface area (Å²) in [6.07, 6.45) is 9.37. The third-order valence-corrected chi connectivity index (χ3v) is 11.1. The monoisotopic (exact) mass is 544 g/mol. The Balaban J connectivity index is 1.75. The zero-order valence-corrected chi connectivity index (χ0v) is 25.6. The van der Waals surface area contributed by atoms with Gasteiger partial charge < -0.3 is 14.2 Å². The van der Waals surface area contributed by atoms with Gasteiger partial charge >= 0.3 is 17.9 Å². The Hall–Kier alpha value is -1.85. The van der Waals surface area contributed by atoms with Crippen LogP contribution in [0.25, 0.3) is 0 Å². The van der Waals surface area contributed by atoms with Crippen molar-refractivity contribution in [2.24, 2.45) is 40.4 Å². The number of hydrogen-bond donors (Lipinski definition) is 0. The van der Waals surface area contributed by atoms with Gasteiger partial charge in [-0.05, 0) is 96.5 Å². The molecule has 6 nitrogen and oxygen atoms in total. The number of hydrogen-bond acceptors (Lipinski definition) is 6. The molecule has 220 valence electrons. The molecule has 0 saturated heterocycles. The topological polar surface area (TPSA) is 78.9 Å². The first-order chi connectivity index (χ1) is 18.3. The van der Waals surface area contributed by atoms with Gasteiger partial charge in [-0.15, -0.1) is 0 Å². The van der Waals surface area contributed by atoms with Crippen molar-refractivity contribution in [3.05, 3.63) is 11.1 Å². The van der Waals surface area contributed by atoms with E-state index >= 15 is 0 Å². The Kier molecular flexibility index (Phi) is 8.93. The van der Waals surface area contributed by atoms with Crippen molar-refractivity contribution in [3.63, 3.8) is 0 Å². The van der Waals surface area contributed by atoms with E-state index in [0.29, 0.717) is 23.7 Å². The second-order valence-electron chi connectivity index (χ2n) is 14.2. The number of carbonyl (C=O) groups excluding carboxylic acids is 3. The molecule has 3 fully saturated rings. The molecule has 4 rings (SSSR count). The average Bonchev–Trinajstić information content (AvgIpc) is 3.10. The number of ether oxygens (including phenoxy) is 3. The number of esters is 3. The lowest BCUT2D eigenvalue weighted by Crippen LogP contribution is -2.53. The molecule has 0 aliphatic heterocycles. The summed E-state index contributed by atoms with van der Waals surface area (Å²) < 4.78 is 17.9. The van der Waals surface area contributed by atoms with Crippen LogP contribution in [0.5, 0.6) is 0 Å². The quantitative estimate of drug-likeness (QED) is 0.183. The Morgan fingerprint density at radius 1 is 0.821 bits per heavy atom. The molecule has 4 aliphatic rings. The molecule has 4 unspecified atom stereocenters. The van der Waals surface area contributed by atoms with Gasteiger partial charge in [0.1, 0.15) is 18.3 Å². The lowest BCUT2D eigenvalue weighted by Gasteiger charge is -2.58. The second-order valence-corrected chi connectivity index (χ2v) is 14.2. The summed E-state index contributed by atoms with van der Waals surface area (Å²) >= 11 is 0. The van der Waals surface area contributed by atoms with Crippen LogP contribution < -0.4 is 0 Å². The molecule has 0 bridgehead atoms. The van der Waals surface area contributed by atoms with Crippen LogP contribution >= 0.6 is 0 Å². The van der Waals surface area contributed by atoms with E-state index in [0.717, 1.165) is 44.9 Å². The van der Waals surface area contributed by atoms with E-state index in [-0.39, 0.29) is 53.0 Å². The number of fused-ring (bicyclic) bond motifs is 4. The van der Waals surface area contributed by atoms with Crippen molar-refractivity contribution in [2.75, 3.05) is 0 Å². The van der Waals surface area contributed by atoms with Crippen molar-refractivity contribution in [2.45, 2.75) is 138 Å².